The minimum atomic E-state index is -0.108. The third-order valence-electron chi connectivity index (χ3n) is 8.40. The average Bonchev–Trinajstić information content (AvgIpc) is 2.88. The van der Waals surface area contributed by atoms with Gasteiger partial charge in [-0.2, -0.15) is 0 Å². The number of aryl methyl sites for hydroxylation is 2. The van der Waals surface area contributed by atoms with Crippen molar-refractivity contribution >= 4 is 0 Å². The Morgan fingerprint density at radius 2 is 2.12 bits per heavy atom. The standard InChI is InChI=1S/C22H31NO2/c1-12-7-13-3-4-14-10-22(2)18(5-6-19(22)24)17-9-15(11-25-23)16(8-12)20(13)21(14)17/h7-8,14-15,17-19,21,24H,3-6,9-11,23H2,1-2H3/t14?,15-,17-,18-,19?,21-,22-/m0/s1. The van der Waals surface area contributed by atoms with Gasteiger partial charge >= 0.3 is 0 Å². The van der Waals surface area contributed by atoms with E-state index in [9.17, 15) is 5.11 Å². The van der Waals surface area contributed by atoms with Crippen LogP contribution < -0.4 is 5.90 Å². The molecule has 0 heterocycles. The lowest BCUT2D eigenvalue weighted by atomic mass is 9.48. The summed E-state index contributed by atoms with van der Waals surface area (Å²) in [4.78, 5) is 5.15. The normalized spacial score (nSPS) is 44.3. The Morgan fingerprint density at radius 3 is 2.92 bits per heavy atom. The topological polar surface area (TPSA) is 55.5 Å². The molecule has 1 aromatic rings. The van der Waals surface area contributed by atoms with Gasteiger partial charge in [0.1, 0.15) is 0 Å². The summed E-state index contributed by atoms with van der Waals surface area (Å²) in [6.07, 6.45) is 6.96. The summed E-state index contributed by atoms with van der Waals surface area (Å²) in [5, 5.41) is 10.8. The van der Waals surface area contributed by atoms with E-state index < -0.39 is 0 Å². The third-order valence-corrected chi connectivity index (χ3v) is 8.40. The van der Waals surface area contributed by atoms with Crippen LogP contribution in [0.3, 0.4) is 0 Å². The molecular formula is C22H31NO2. The zero-order valence-corrected chi connectivity index (χ0v) is 15.5. The Bertz CT molecular complexity index is 702. The largest absolute Gasteiger partial charge is 0.393 e. The summed E-state index contributed by atoms with van der Waals surface area (Å²) in [7, 11) is 0. The fraction of sp³-hybridized carbons (Fsp3) is 0.727. The van der Waals surface area contributed by atoms with Crippen molar-refractivity contribution in [2.24, 2.45) is 29.1 Å². The second kappa shape index (κ2) is 5.55. The van der Waals surface area contributed by atoms with E-state index in [1.54, 1.807) is 11.1 Å². The number of hydrogen-bond donors (Lipinski definition) is 2. The lowest BCUT2D eigenvalue weighted by molar-refractivity contribution is -0.0572. The van der Waals surface area contributed by atoms with E-state index in [1.165, 1.54) is 43.2 Å². The first-order valence-corrected chi connectivity index (χ1v) is 10.2. The molecule has 0 amide bonds. The summed E-state index contributed by atoms with van der Waals surface area (Å²) in [6.45, 7) is 5.22. The SMILES string of the molecule is Cc1cc2c3c(c1)[C@H](CON)C[C@@H]1[C@@H]3C(CC2)C[C@]2(C)C(O)CC[C@@H]12. The molecule has 4 aliphatic rings. The number of benzene rings is 1. The van der Waals surface area contributed by atoms with Gasteiger partial charge in [-0.15, -0.1) is 0 Å². The Balaban J connectivity index is 1.66. The Labute approximate surface area is 150 Å². The first kappa shape index (κ1) is 16.3. The van der Waals surface area contributed by atoms with Crippen LogP contribution in [-0.2, 0) is 11.3 Å². The third kappa shape index (κ3) is 2.15. The fourth-order valence-corrected chi connectivity index (χ4v) is 7.49. The van der Waals surface area contributed by atoms with E-state index in [-0.39, 0.29) is 11.5 Å². The minimum absolute atomic E-state index is 0.108. The summed E-state index contributed by atoms with van der Waals surface area (Å²) >= 11 is 0. The summed E-state index contributed by atoms with van der Waals surface area (Å²) in [6, 6.07) is 4.83. The number of fused-ring (bicyclic) bond motifs is 2. The van der Waals surface area contributed by atoms with Crippen LogP contribution in [0.1, 0.15) is 73.1 Å². The highest BCUT2D eigenvalue weighted by atomic mass is 16.6. The number of aliphatic hydroxyl groups is 1. The Kier molecular flexibility index (Phi) is 3.61. The summed E-state index contributed by atoms with van der Waals surface area (Å²) < 4.78 is 0. The monoisotopic (exact) mass is 341 g/mol. The van der Waals surface area contributed by atoms with Gasteiger partial charge in [0, 0.05) is 5.92 Å². The molecule has 2 saturated carbocycles. The molecule has 0 saturated heterocycles. The zero-order valence-electron chi connectivity index (χ0n) is 15.5. The van der Waals surface area contributed by atoms with Crippen LogP contribution in [0.2, 0.25) is 0 Å². The van der Waals surface area contributed by atoms with Gasteiger partial charge < -0.3 is 9.94 Å². The molecule has 25 heavy (non-hydrogen) atoms. The van der Waals surface area contributed by atoms with E-state index in [1.807, 2.05) is 0 Å². The van der Waals surface area contributed by atoms with Gasteiger partial charge in [-0.3, -0.25) is 0 Å². The predicted molar refractivity (Wildman–Crippen MR) is 98.2 cm³/mol. The van der Waals surface area contributed by atoms with Crippen LogP contribution in [0.25, 0.3) is 0 Å². The number of aliphatic hydroxyl groups excluding tert-OH is 1. The van der Waals surface area contributed by atoms with Crippen molar-refractivity contribution in [3.8, 4) is 0 Å². The van der Waals surface area contributed by atoms with Crippen LogP contribution in [0.15, 0.2) is 12.1 Å². The Morgan fingerprint density at radius 1 is 1.28 bits per heavy atom. The summed E-state index contributed by atoms with van der Waals surface area (Å²) in [5.74, 6) is 8.73. The molecule has 4 aliphatic carbocycles. The molecule has 136 valence electrons. The van der Waals surface area contributed by atoms with E-state index in [0.29, 0.717) is 30.3 Å². The second-order valence-corrected chi connectivity index (χ2v) is 9.59. The van der Waals surface area contributed by atoms with E-state index in [0.717, 1.165) is 12.3 Å². The van der Waals surface area contributed by atoms with Gasteiger partial charge in [0.2, 0.25) is 0 Å². The van der Waals surface area contributed by atoms with Crippen molar-refractivity contribution in [2.75, 3.05) is 6.61 Å². The minimum Gasteiger partial charge on any atom is -0.393 e. The molecule has 0 aliphatic heterocycles. The number of hydrogen-bond acceptors (Lipinski definition) is 3. The van der Waals surface area contributed by atoms with Gasteiger partial charge in [0.15, 0.2) is 0 Å². The predicted octanol–water partition coefficient (Wildman–Crippen LogP) is 3.82. The van der Waals surface area contributed by atoms with Crippen molar-refractivity contribution in [1.82, 2.24) is 0 Å². The van der Waals surface area contributed by atoms with E-state index in [4.69, 9.17) is 10.7 Å². The molecule has 0 aromatic heterocycles. The molecule has 1 aromatic carbocycles. The maximum Gasteiger partial charge on any atom is 0.0748 e. The van der Waals surface area contributed by atoms with Crippen LogP contribution in [0.5, 0.6) is 0 Å². The highest BCUT2D eigenvalue weighted by molar-refractivity contribution is 5.48. The average molecular weight is 341 g/mol. The van der Waals surface area contributed by atoms with Gasteiger partial charge in [-0.25, -0.2) is 5.90 Å². The van der Waals surface area contributed by atoms with Crippen molar-refractivity contribution in [1.29, 1.82) is 0 Å². The molecule has 0 radical (unpaired) electrons. The Hall–Kier alpha value is -0.900. The fourth-order valence-electron chi connectivity index (χ4n) is 7.49. The molecular weight excluding hydrogens is 310 g/mol. The van der Waals surface area contributed by atoms with Crippen molar-refractivity contribution < 1.29 is 9.94 Å². The van der Waals surface area contributed by atoms with Crippen molar-refractivity contribution in [3.63, 3.8) is 0 Å². The van der Waals surface area contributed by atoms with Crippen molar-refractivity contribution in [2.45, 2.75) is 70.3 Å². The maximum atomic E-state index is 10.8. The zero-order chi connectivity index (χ0) is 17.3. The highest BCUT2D eigenvalue weighted by Gasteiger charge is 2.59. The lowest BCUT2D eigenvalue weighted by Crippen LogP contribution is -2.50. The molecule has 0 spiro atoms. The quantitative estimate of drug-likeness (QED) is 0.804. The van der Waals surface area contributed by atoms with E-state index in [2.05, 4.69) is 26.0 Å². The van der Waals surface area contributed by atoms with Gasteiger partial charge in [0.25, 0.3) is 0 Å². The molecule has 0 bridgehead atoms. The van der Waals surface area contributed by atoms with Crippen LogP contribution in [0, 0.1) is 30.1 Å². The lowest BCUT2D eigenvalue weighted by Gasteiger charge is -2.57. The summed E-state index contributed by atoms with van der Waals surface area (Å²) in [5.41, 5.74) is 6.27. The van der Waals surface area contributed by atoms with Crippen molar-refractivity contribution in [3.05, 3.63) is 34.4 Å². The van der Waals surface area contributed by atoms with Gasteiger partial charge in [-0.05, 0) is 91.2 Å². The molecule has 7 atom stereocenters. The maximum absolute atomic E-state index is 10.8. The van der Waals surface area contributed by atoms with Gasteiger partial charge in [-0.1, -0.05) is 24.6 Å². The molecule has 5 rings (SSSR count). The first-order chi connectivity index (χ1) is 12.0. The van der Waals surface area contributed by atoms with E-state index >= 15 is 0 Å². The second-order valence-electron chi connectivity index (χ2n) is 9.59. The number of nitrogens with two attached hydrogens (primary N) is 1. The van der Waals surface area contributed by atoms with Crippen LogP contribution in [0.4, 0.5) is 0 Å². The molecule has 3 N–H and O–H groups in total. The molecule has 2 fully saturated rings. The van der Waals surface area contributed by atoms with Crippen LogP contribution >= 0.6 is 0 Å². The first-order valence-electron chi connectivity index (χ1n) is 10.2. The van der Waals surface area contributed by atoms with Crippen LogP contribution in [-0.4, -0.2) is 17.8 Å². The molecule has 3 nitrogen and oxygen atoms in total. The molecule has 3 heteroatoms. The smallest absolute Gasteiger partial charge is 0.0748 e. The molecule has 2 unspecified atom stereocenters. The highest BCUT2D eigenvalue weighted by Crippen LogP contribution is 2.66. The number of rotatable bonds is 2. The van der Waals surface area contributed by atoms with Gasteiger partial charge in [0.05, 0.1) is 12.7 Å².